The van der Waals surface area contributed by atoms with Crippen LogP contribution in [0.5, 0.6) is 5.75 Å². The molecule has 0 amide bonds. The monoisotopic (exact) mass is 277 g/mol. The summed E-state index contributed by atoms with van der Waals surface area (Å²) in [6.45, 7) is 3.47. The highest BCUT2D eigenvalue weighted by Crippen LogP contribution is 2.33. The first-order valence-corrected chi connectivity index (χ1v) is 6.48. The number of halogens is 3. The number of thioether (sulfide) groups is 1. The first-order valence-electron chi connectivity index (χ1n) is 5.26. The van der Waals surface area contributed by atoms with Gasteiger partial charge in [0.2, 0.25) is 0 Å². The van der Waals surface area contributed by atoms with E-state index < -0.39 is 11.7 Å². The molecule has 1 rings (SSSR count). The molecule has 0 saturated heterocycles. The fourth-order valence-corrected chi connectivity index (χ4v) is 1.71. The number of nitrogens with one attached hydrogen (secondary N) is 1. The Labute approximate surface area is 108 Å². The number of hydrogen-bond acceptors (Lipinski definition) is 3. The van der Waals surface area contributed by atoms with E-state index in [2.05, 4.69) is 0 Å². The lowest BCUT2D eigenvalue weighted by Crippen LogP contribution is -2.10. The van der Waals surface area contributed by atoms with Crippen molar-refractivity contribution in [2.75, 3.05) is 6.26 Å². The molecule has 0 fully saturated rings. The molecular weight excluding hydrogens is 263 g/mol. The van der Waals surface area contributed by atoms with Crippen molar-refractivity contribution in [1.82, 2.24) is 0 Å². The molecule has 0 aromatic heterocycles. The normalized spacial score (nSPS) is 11.7. The Morgan fingerprint density at radius 2 is 1.89 bits per heavy atom. The summed E-state index contributed by atoms with van der Waals surface area (Å²) in [6.07, 6.45) is -3.01. The maximum atomic E-state index is 12.7. The van der Waals surface area contributed by atoms with Crippen LogP contribution in [0.1, 0.15) is 25.0 Å². The topological polar surface area (TPSA) is 33.1 Å². The van der Waals surface area contributed by atoms with Crippen molar-refractivity contribution < 1.29 is 17.9 Å². The van der Waals surface area contributed by atoms with Crippen molar-refractivity contribution >= 4 is 16.8 Å². The van der Waals surface area contributed by atoms with Crippen LogP contribution in [-0.2, 0) is 6.18 Å². The average Bonchev–Trinajstić information content (AvgIpc) is 2.25. The third-order valence-electron chi connectivity index (χ3n) is 2.07. The molecule has 100 valence electrons. The van der Waals surface area contributed by atoms with Gasteiger partial charge in [-0.15, -0.1) is 11.8 Å². The quantitative estimate of drug-likeness (QED) is 0.664. The van der Waals surface area contributed by atoms with Gasteiger partial charge in [-0.05, 0) is 38.3 Å². The van der Waals surface area contributed by atoms with Crippen molar-refractivity contribution in [3.8, 4) is 5.75 Å². The van der Waals surface area contributed by atoms with E-state index >= 15 is 0 Å². The van der Waals surface area contributed by atoms with Crippen LogP contribution in [0.25, 0.3) is 0 Å². The molecule has 0 bridgehead atoms. The van der Waals surface area contributed by atoms with E-state index in [9.17, 15) is 13.2 Å². The summed E-state index contributed by atoms with van der Waals surface area (Å²) in [5.41, 5.74) is -0.581. The van der Waals surface area contributed by atoms with Gasteiger partial charge in [-0.3, -0.25) is 5.41 Å². The smallest absolute Gasteiger partial charge is 0.416 e. The lowest BCUT2D eigenvalue weighted by atomic mass is 10.1. The predicted octanol–water partition coefficient (Wildman–Crippen LogP) is 4.18. The largest absolute Gasteiger partial charge is 0.491 e. The zero-order valence-electron chi connectivity index (χ0n) is 10.3. The van der Waals surface area contributed by atoms with Gasteiger partial charge < -0.3 is 4.74 Å². The molecule has 0 spiro atoms. The third kappa shape index (κ3) is 3.94. The lowest BCUT2D eigenvalue weighted by molar-refractivity contribution is -0.137. The number of rotatable bonds is 3. The molecule has 0 aliphatic rings. The minimum absolute atomic E-state index is 0.0784. The van der Waals surface area contributed by atoms with Gasteiger partial charge in [0.15, 0.2) is 0 Å². The van der Waals surface area contributed by atoms with Crippen molar-refractivity contribution in [3.05, 3.63) is 29.3 Å². The van der Waals surface area contributed by atoms with Gasteiger partial charge in [-0.25, -0.2) is 0 Å². The highest BCUT2D eigenvalue weighted by atomic mass is 32.2. The SMILES string of the molecule is CSC(=N)c1cc(OC(C)C)cc(C(F)(F)F)c1. The van der Waals surface area contributed by atoms with Crippen LogP contribution in [-0.4, -0.2) is 17.4 Å². The van der Waals surface area contributed by atoms with Gasteiger partial charge >= 0.3 is 6.18 Å². The number of ether oxygens (including phenoxy) is 1. The second kappa shape index (κ2) is 5.65. The number of benzene rings is 1. The van der Waals surface area contributed by atoms with Crippen molar-refractivity contribution in [3.63, 3.8) is 0 Å². The van der Waals surface area contributed by atoms with E-state index in [4.69, 9.17) is 10.1 Å². The van der Waals surface area contributed by atoms with Crippen molar-refractivity contribution in [2.45, 2.75) is 26.1 Å². The van der Waals surface area contributed by atoms with Crippen LogP contribution in [0, 0.1) is 5.41 Å². The first kappa shape index (κ1) is 14.9. The number of hydrogen-bond donors (Lipinski definition) is 1. The Morgan fingerprint density at radius 1 is 1.28 bits per heavy atom. The Bertz CT molecular complexity index is 443. The minimum atomic E-state index is -4.44. The van der Waals surface area contributed by atoms with Gasteiger partial charge in [-0.2, -0.15) is 13.2 Å². The molecule has 1 aromatic carbocycles. The second-order valence-electron chi connectivity index (χ2n) is 3.94. The van der Waals surface area contributed by atoms with E-state index in [0.29, 0.717) is 0 Å². The molecular formula is C12H14F3NOS. The van der Waals surface area contributed by atoms with E-state index in [1.807, 2.05) is 0 Å². The summed E-state index contributed by atoms with van der Waals surface area (Å²) >= 11 is 1.09. The summed E-state index contributed by atoms with van der Waals surface area (Å²) in [7, 11) is 0. The molecule has 1 aromatic rings. The highest BCUT2D eigenvalue weighted by Gasteiger charge is 2.31. The molecule has 6 heteroatoms. The van der Waals surface area contributed by atoms with Crippen LogP contribution < -0.4 is 4.74 Å². The summed E-state index contributed by atoms with van der Waals surface area (Å²) in [6, 6.07) is 3.37. The zero-order valence-corrected chi connectivity index (χ0v) is 11.1. The number of alkyl halides is 3. The van der Waals surface area contributed by atoms with E-state index in [0.717, 1.165) is 23.9 Å². The Balaban J connectivity index is 3.24. The molecule has 0 atom stereocenters. The summed E-state index contributed by atoms with van der Waals surface area (Å²) in [4.78, 5) is 0. The Morgan fingerprint density at radius 3 is 2.33 bits per heavy atom. The molecule has 0 radical (unpaired) electrons. The second-order valence-corrected chi connectivity index (χ2v) is 4.76. The molecule has 1 N–H and O–H groups in total. The lowest BCUT2D eigenvalue weighted by Gasteiger charge is -2.15. The zero-order chi connectivity index (χ0) is 13.9. The van der Waals surface area contributed by atoms with Gasteiger partial charge in [0.05, 0.1) is 16.7 Å². The predicted molar refractivity (Wildman–Crippen MR) is 67.6 cm³/mol. The molecule has 0 aliphatic carbocycles. The van der Waals surface area contributed by atoms with Crippen LogP contribution >= 0.6 is 11.8 Å². The highest BCUT2D eigenvalue weighted by molar-refractivity contribution is 8.13. The summed E-state index contributed by atoms with van der Waals surface area (Å²) in [5.74, 6) is 0.133. The van der Waals surface area contributed by atoms with Gasteiger partial charge in [0, 0.05) is 5.56 Å². The first-order chi connectivity index (χ1) is 8.24. The van der Waals surface area contributed by atoms with E-state index in [1.165, 1.54) is 6.07 Å². The van der Waals surface area contributed by atoms with Gasteiger partial charge in [-0.1, -0.05) is 0 Å². The molecule has 0 saturated carbocycles. The summed E-state index contributed by atoms with van der Waals surface area (Å²) < 4.78 is 43.4. The van der Waals surface area contributed by atoms with Crippen LogP contribution in [0.15, 0.2) is 18.2 Å². The Hall–Kier alpha value is -1.17. The molecule has 0 unspecified atom stereocenters. The van der Waals surface area contributed by atoms with Crippen molar-refractivity contribution in [1.29, 1.82) is 5.41 Å². The van der Waals surface area contributed by atoms with Crippen LogP contribution in [0.4, 0.5) is 13.2 Å². The average molecular weight is 277 g/mol. The van der Waals surface area contributed by atoms with Gasteiger partial charge in [0.25, 0.3) is 0 Å². The van der Waals surface area contributed by atoms with E-state index in [-0.39, 0.29) is 22.5 Å². The van der Waals surface area contributed by atoms with Crippen LogP contribution in [0.2, 0.25) is 0 Å². The fraction of sp³-hybridized carbons (Fsp3) is 0.417. The minimum Gasteiger partial charge on any atom is -0.491 e. The standard InChI is InChI=1S/C12H14F3NOS/c1-7(2)17-10-5-8(11(16)18-3)4-9(6-10)12(13,14)15/h4-7,16H,1-3H3. The molecule has 2 nitrogen and oxygen atoms in total. The van der Waals surface area contributed by atoms with E-state index in [1.54, 1.807) is 20.1 Å². The van der Waals surface area contributed by atoms with Crippen LogP contribution in [0.3, 0.4) is 0 Å². The third-order valence-corrected chi connectivity index (χ3v) is 2.72. The fourth-order valence-electron chi connectivity index (χ4n) is 1.35. The molecule has 0 aliphatic heterocycles. The maximum absolute atomic E-state index is 12.7. The molecule has 18 heavy (non-hydrogen) atoms. The molecule has 0 heterocycles. The summed E-state index contributed by atoms with van der Waals surface area (Å²) in [5, 5.41) is 7.68. The van der Waals surface area contributed by atoms with Crippen molar-refractivity contribution in [2.24, 2.45) is 0 Å². The van der Waals surface area contributed by atoms with Gasteiger partial charge in [0.1, 0.15) is 5.75 Å². The Kier molecular flexibility index (Phi) is 4.67. The maximum Gasteiger partial charge on any atom is 0.416 e.